The van der Waals surface area contributed by atoms with E-state index in [0.717, 1.165) is 24.2 Å². The van der Waals surface area contributed by atoms with E-state index in [1.165, 1.54) is 41.7 Å². The number of nitrogens with one attached hydrogen (secondary N) is 2. The summed E-state index contributed by atoms with van der Waals surface area (Å²) in [7, 11) is 1.57. The number of nitrogens with zero attached hydrogens (tertiary/aromatic N) is 1. The number of likely N-dealkylation sites (N-methyl/N-ethyl adjacent to an activating group) is 1. The van der Waals surface area contributed by atoms with E-state index in [2.05, 4.69) is 36.6 Å². The summed E-state index contributed by atoms with van der Waals surface area (Å²) < 4.78 is 25.4. The first-order valence-corrected chi connectivity index (χ1v) is 11.0. The van der Waals surface area contributed by atoms with Crippen LogP contribution in [0.15, 0.2) is 53.4 Å². The fourth-order valence-corrected chi connectivity index (χ4v) is 4.67. The highest BCUT2D eigenvalue weighted by atomic mass is 32.2. The standard InChI is InChI=1S/C21H27N3O3S/c1-23(2)28(26,27)18-13-11-17(12-14-18)22-21(25)15-24(3)20-10-6-8-16-7-4-5-9-19(16)20/h4-5,7,9,11-14,20H,6,8,10,15H2,1-3H3,(H,22,25)/p+1/t20-/m1/s1. The average Bonchev–Trinajstić information content (AvgIpc) is 2.67. The zero-order valence-electron chi connectivity index (χ0n) is 16.6. The zero-order valence-corrected chi connectivity index (χ0v) is 17.4. The topological polar surface area (TPSA) is 70.9 Å². The molecule has 0 saturated carbocycles. The minimum atomic E-state index is -3.47. The third-order valence-corrected chi connectivity index (χ3v) is 7.15. The Labute approximate surface area is 167 Å². The molecule has 0 bridgehead atoms. The summed E-state index contributed by atoms with van der Waals surface area (Å²) in [6, 6.07) is 15.1. The van der Waals surface area contributed by atoms with Gasteiger partial charge < -0.3 is 10.2 Å². The number of carbonyl (C=O) groups is 1. The van der Waals surface area contributed by atoms with Crippen LogP contribution in [0.25, 0.3) is 0 Å². The van der Waals surface area contributed by atoms with Gasteiger partial charge in [-0.1, -0.05) is 24.3 Å². The van der Waals surface area contributed by atoms with E-state index < -0.39 is 10.0 Å². The number of hydrogen-bond donors (Lipinski definition) is 2. The minimum absolute atomic E-state index is 0.0798. The third-order valence-electron chi connectivity index (χ3n) is 5.32. The molecule has 2 aromatic rings. The highest BCUT2D eigenvalue weighted by Gasteiger charge is 2.28. The van der Waals surface area contributed by atoms with Crippen LogP contribution in [0.4, 0.5) is 5.69 Å². The van der Waals surface area contributed by atoms with E-state index in [0.29, 0.717) is 18.3 Å². The summed E-state index contributed by atoms with van der Waals surface area (Å²) in [4.78, 5) is 13.9. The molecule has 0 aromatic heterocycles. The van der Waals surface area contributed by atoms with Crippen molar-refractivity contribution in [3.05, 3.63) is 59.7 Å². The molecule has 1 aliphatic rings. The van der Waals surface area contributed by atoms with E-state index in [4.69, 9.17) is 0 Å². The van der Waals surface area contributed by atoms with Crippen LogP contribution >= 0.6 is 0 Å². The molecule has 2 aromatic carbocycles. The number of fused-ring (bicyclic) bond motifs is 1. The summed E-state index contributed by atoms with van der Waals surface area (Å²) in [5.74, 6) is -0.0798. The first-order chi connectivity index (χ1) is 13.3. The fourth-order valence-electron chi connectivity index (χ4n) is 3.77. The first kappa shape index (κ1) is 20.5. The van der Waals surface area contributed by atoms with Crippen molar-refractivity contribution in [2.75, 3.05) is 33.0 Å². The monoisotopic (exact) mass is 402 g/mol. The molecular formula is C21H28N3O3S+. The van der Waals surface area contributed by atoms with Crippen LogP contribution in [0.2, 0.25) is 0 Å². The number of anilines is 1. The molecule has 150 valence electrons. The molecule has 1 unspecified atom stereocenters. The Balaban J connectivity index is 1.63. The number of quaternary nitrogens is 1. The summed E-state index contributed by atoms with van der Waals surface area (Å²) in [6.45, 7) is 0.358. The van der Waals surface area contributed by atoms with Gasteiger partial charge in [0.1, 0.15) is 6.04 Å². The van der Waals surface area contributed by atoms with Crippen LogP contribution in [-0.2, 0) is 21.2 Å². The van der Waals surface area contributed by atoms with Gasteiger partial charge in [0, 0.05) is 31.8 Å². The van der Waals surface area contributed by atoms with Gasteiger partial charge in [-0.05, 0) is 42.7 Å². The maximum atomic E-state index is 12.5. The lowest BCUT2D eigenvalue weighted by molar-refractivity contribution is -0.905. The Morgan fingerprint density at radius 1 is 1.14 bits per heavy atom. The Kier molecular flexibility index (Phi) is 6.17. The smallest absolute Gasteiger partial charge is 0.279 e. The maximum absolute atomic E-state index is 12.5. The third kappa shape index (κ3) is 4.43. The molecular weight excluding hydrogens is 374 g/mol. The molecule has 1 aliphatic carbocycles. The molecule has 0 saturated heterocycles. The van der Waals surface area contributed by atoms with E-state index in [1.54, 1.807) is 12.1 Å². The van der Waals surface area contributed by atoms with Crippen LogP contribution in [0.3, 0.4) is 0 Å². The highest BCUT2D eigenvalue weighted by molar-refractivity contribution is 7.89. The normalized spacial score (nSPS) is 17.8. The van der Waals surface area contributed by atoms with Crippen molar-refractivity contribution < 1.29 is 18.1 Å². The number of carbonyl (C=O) groups excluding carboxylic acids is 1. The van der Waals surface area contributed by atoms with Gasteiger partial charge in [0.05, 0.1) is 11.9 Å². The van der Waals surface area contributed by atoms with Crippen molar-refractivity contribution in [2.24, 2.45) is 0 Å². The van der Waals surface area contributed by atoms with Gasteiger partial charge in [-0.2, -0.15) is 0 Å². The molecule has 0 spiro atoms. The number of aryl methyl sites for hydroxylation is 1. The largest absolute Gasteiger partial charge is 0.323 e. The van der Waals surface area contributed by atoms with Crippen molar-refractivity contribution in [3.8, 4) is 0 Å². The average molecular weight is 403 g/mol. The molecule has 0 heterocycles. The molecule has 1 amide bonds. The number of benzene rings is 2. The van der Waals surface area contributed by atoms with E-state index >= 15 is 0 Å². The number of sulfonamides is 1. The van der Waals surface area contributed by atoms with Crippen LogP contribution < -0.4 is 10.2 Å². The second-order valence-electron chi connectivity index (χ2n) is 7.53. The fraction of sp³-hybridized carbons (Fsp3) is 0.381. The molecule has 0 fully saturated rings. The number of hydrogen-bond acceptors (Lipinski definition) is 3. The van der Waals surface area contributed by atoms with Crippen molar-refractivity contribution in [2.45, 2.75) is 30.2 Å². The molecule has 6 nitrogen and oxygen atoms in total. The Morgan fingerprint density at radius 2 is 1.82 bits per heavy atom. The van der Waals surface area contributed by atoms with Crippen molar-refractivity contribution in [3.63, 3.8) is 0 Å². The molecule has 0 aliphatic heterocycles. The highest BCUT2D eigenvalue weighted by Crippen LogP contribution is 2.27. The molecule has 2 N–H and O–H groups in total. The van der Waals surface area contributed by atoms with Crippen LogP contribution in [0.1, 0.15) is 30.0 Å². The minimum Gasteiger partial charge on any atom is -0.323 e. The van der Waals surface area contributed by atoms with Gasteiger partial charge in [0.2, 0.25) is 10.0 Å². The van der Waals surface area contributed by atoms with Crippen LogP contribution in [-0.4, -0.2) is 46.3 Å². The van der Waals surface area contributed by atoms with Crippen molar-refractivity contribution in [1.29, 1.82) is 0 Å². The van der Waals surface area contributed by atoms with Gasteiger partial charge in [-0.25, -0.2) is 12.7 Å². The summed E-state index contributed by atoms with van der Waals surface area (Å²) in [5.41, 5.74) is 3.33. The van der Waals surface area contributed by atoms with Gasteiger partial charge in [0.15, 0.2) is 6.54 Å². The molecule has 2 atom stereocenters. The molecule has 3 rings (SSSR count). The second-order valence-corrected chi connectivity index (χ2v) is 9.68. The summed E-state index contributed by atoms with van der Waals surface area (Å²) in [6.07, 6.45) is 3.32. The van der Waals surface area contributed by atoms with Gasteiger partial charge in [-0.15, -0.1) is 0 Å². The van der Waals surface area contributed by atoms with Crippen molar-refractivity contribution in [1.82, 2.24) is 4.31 Å². The molecule has 7 heteroatoms. The quantitative estimate of drug-likeness (QED) is 0.769. The van der Waals surface area contributed by atoms with E-state index in [9.17, 15) is 13.2 Å². The van der Waals surface area contributed by atoms with Gasteiger partial charge >= 0.3 is 0 Å². The summed E-state index contributed by atoms with van der Waals surface area (Å²) >= 11 is 0. The van der Waals surface area contributed by atoms with Crippen LogP contribution in [0, 0.1) is 0 Å². The predicted octanol–water partition coefficient (Wildman–Crippen LogP) is 1.47. The lowest BCUT2D eigenvalue weighted by atomic mass is 9.87. The van der Waals surface area contributed by atoms with E-state index in [-0.39, 0.29) is 10.8 Å². The lowest BCUT2D eigenvalue weighted by Gasteiger charge is -2.30. The predicted molar refractivity (Wildman–Crippen MR) is 110 cm³/mol. The first-order valence-electron chi connectivity index (χ1n) is 9.51. The molecule has 28 heavy (non-hydrogen) atoms. The Bertz CT molecular complexity index is 940. The van der Waals surface area contributed by atoms with Gasteiger partial charge in [0.25, 0.3) is 5.91 Å². The number of rotatable bonds is 6. The molecule has 0 radical (unpaired) electrons. The van der Waals surface area contributed by atoms with Crippen LogP contribution in [0.5, 0.6) is 0 Å². The maximum Gasteiger partial charge on any atom is 0.279 e. The van der Waals surface area contributed by atoms with Crippen molar-refractivity contribution >= 4 is 21.6 Å². The van der Waals surface area contributed by atoms with Gasteiger partial charge in [-0.3, -0.25) is 4.79 Å². The summed E-state index contributed by atoms with van der Waals surface area (Å²) in [5, 5.41) is 2.88. The zero-order chi connectivity index (χ0) is 20.3. The Morgan fingerprint density at radius 3 is 2.50 bits per heavy atom. The SMILES string of the molecule is CN(C)S(=O)(=O)c1ccc(NC(=O)C[NH+](C)[C@@H]2CCCc3ccccc32)cc1. The van der Waals surface area contributed by atoms with E-state index in [1.807, 2.05) is 0 Å². The number of amides is 1. The Hall–Kier alpha value is -2.22. The second kappa shape index (κ2) is 8.43. The lowest BCUT2D eigenvalue weighted by Crippen LogP contribution is -3.10.